The molecule has 0 radical (unpaired) electrons. The molecule has 3 aromatic rings. The third kappa shape index (κ3) is 5.40. The molecule has 1 aliphatic rings. The second-order valence-electron chi connectivity index (χ2n) is 9.35. The Kier molecular flexibility index (Phi) is 9.84. The van der Waals surface area contributed by atoms with E-state index in [1.54, 1.807) is 0 Å². The number of fused-ring (bicyclic) bond motifs is 3. The average Bonchev–Trinajstić information content (AvgIpc) is 3.35. The van der Waals surface area contributed by atoms with Crippen molar-refractivity contribution in [1.29, 1.82) is 5.26 Å². The molecule has 7 heteroatoms. The number of pyridine rings is 1. The van der Waals surface area contributed by atoms with Crippen LogP contribution in [0.3, 0.4) is 0 Å². The highest BCUT2D eigenvalue weighted by atomic mass is 35.5. The standard InChI is InChI=1S/C26H35N5.2ClH/c1-5-6-7-8-11-21-19(2)22(16-27)24-26(31-14-10-9-12-23(31)28-24)25(21)30-15-13-20(18-30)17-29(3)4;;/h9-10,12,14,20H,5-8,11,13,15,17-18H2,1-4H3;2*1H. The lowest BCUT2D eigenvalue weighted by molar-refractivity contribution is 0.340. The molecule has 0 bridgehead atoms. The molecule has 0 amide bonds. The molecule has 0 aliphatic carbocycles. The lowest BCUT2D eigenvalue weighted by Crippen LogP contribution is -2.27. The van der Waals surface area contributed by atoms with Crippen LogP contribution in [0, 0.1) is 24.2 Å². The average molecular weight is 491 g/mol. The Morgan fingerprint density at radius 1 is 1.18 bits per heavy atom. The quantitative estimate of drug-likeness (QED) is 0.362. The molecule has 2 aromatic heterocycles. The summed E-state index contributed by atoms with van der Waals surface area (Å²) < 4.78 is 2.19. The summed E-state index contributed by atoms with van der Waals surface area (Å²) in [6.07, 6.45) is 9.26. The Morgan fingerprint density at radius 3 is 2.67 bits per heavy atom. The van der Waals surface area contributed by atoms with Crippen LogP contribution in [0.2, 0.25) is 0 Å². The number of benzene rings is 1. The van der Waals surface area contributed by atoms with Gasteiger partial charge in [-0.3, -0.25) is 4.40 Å². The minimum atomic E-state index is 0. The minimum Gasteiger partial charge on any atom is -0.369 e. The topological polar surface area (TPSA) is 47.6 Å². The summed E-state index contributed by atoms with van der Waals surface area (Å²) in [7, 11) is 4.33. The van der Waals surface area contributed by atoms with Crippen molar-refractivity contribution in [3.05, 3.63) is 41.1 Å². The molecule has 0 N–H and O–H groups in total. The Balaban J connectivity index is 0.00000193. The van der Waals surface area contributed by atoms with E-state index in [2.05, 4.69) is 60.5 Å². The van der Waals surface area contributed by atoms with E-state index < -0.39 is 0 Å². The number of unbranched alkanes of at least 4 members (excludes halogenated alkanes) is 3. The fraction of sp³-hybridized carbons (Fsp3) is 0.538. The fourth-order valence-electron chi connectivity index (χ4n) is 5.26. The predicted molar refractivity (Wildman–Crippen MR) is 143 cm³/mol. The molecule has 3 heterocycles. The van der Waals surface area contributed by atoms with Gasteiger partial charge >= 0.3 is 0 Å². The molecule has 4 rings (SSSR count). The lowest BCUT2D eigenvalue weighted by atomic mass is 9.93. The zero-order valence-electron chi connectivity index (χ0n) is 20.3. The van der Waals surface area contributed by atoms with Crippen LogP contribution in [0.25, 0.3) is 16.7 Å². The van der Waals surface area contributed by atoms with Crippen molar-refractivity contribution < 1.29 is 0 Å². The first-order valence-electron chi connectivity index (χ1n) is 11.8. The normalized spacial score (nSPS) is 15.6. The highest BCUT2D eigenvalue weighted by molar-refractivity contribution is 5.99. The third-order valence-electron chi connectivity index (χ3n) is 6.72. The van der Waals surface area contributed by atoms with Gasteiger partial charge in [0.2, 0.25) is 0 Å². The lowest BCUT2D eigenvalue weighted by Gasteiger charge is -2.26. The van der Waals surface area contributed by atoms with E-state index in [4.69, 9.17) is 4.98 Å². The molecule has 1 saturated heterocycles. The van der Waals surface area contributed by atoms with Crippen LogP contribution in [-0.2, 0) is 6.42 Å². The first-order valence-corrected chi connectivity index (χ1v) is 11.8. The van der Waals surface area contributed by atoms with Crippen LogP contribution in [-0.4, -0.2) is 48.0 Å². The number of aromatic nitrogens is 2. The van der Waals surface area contributed by atoms with Gasteiger partial charge in [0.05, 0.1) is 16.8 Å². The fourth-order valence-corrected chi connectivity index (χ4v) is 5.26. The first-order chi connectivity index (χ1) is 15.0. The summed E-state index contributed by atoms with van der Waals surface area (Å²) in [5.74, 6) is 0.674. The van der Waals surface area contributed by atoms with Crippen molar-refractivity contribution in [3.8, 4) is 6.07 Å². The van der Waals surface area contributed by atoms with Gasteiger partial charge in [0.25, 0.3) is 0 Å². The smallest absolute Gasteiger partial charge is 0.138 e. The van der Waals surface area contributed by atoms with E-state index in [1.165, 1.54) is 43.4 Å². The molecular formula is C26H37Cl2N5. The van der Waals surface area contributed by atoms with Gasteiger partial charge < -0.3 is 9.80 Å². The molecule has 1 aliphatic heterocycles. The highest BCUT2D eigenvalue weighted by Crippen LogP contribution is 2.40. The van der Waals surface area contributed by atoms with Crippen LogP contribution < -0.4 is 4.90 Å². The van der Waals surface area contributed by atoms with Gasteiger partial charge in [-0.2, -0.15) is 5.26 Å². The summed E-state index contributed by atoms with van der Waals surface area (Å²) in [5, 5.41) is 10.1. The van der Waals surface area contributed by atoms with E-state index in [0.29, 0.717) is 5.92 Å². The first kappa shape index (κ1) is 27.2. The van der Waals surface area contributed by atoms with Crippen molar-refractivity contribution in [2.75, 3.05) is 38.6 Å². The summed E-state index contributed by atoms with van der Waals surface area (Å²) >= 11 is 0. The van der Waals surface area contributed by atoms with Gasteiger partial charge in [0.1, 0.15) is 17.2 Å². The van der Waals surface area contributed by atoms with E-state index in [-0.39, 0.29) is 24.8 Å². The number of halogens is 2. The maximum atomic E-state index is 10.1. The molecule has 0 spiro atoms. The Morgan fingerprint density at radius 2 is 1.97 bits per heavy atom. The van der Waals surface area contributed by atoms with Gasteiger partial charge in [-0.25, -0.2) is 4.98 Å². The molecule has 0 saturated carbocycles. The zero-order chi connectivity index (χ0) is 22.0. The number of hydrogen-bond donors (Lipinski definition) is 0. The van der Waals surface area contributed by atoms with Gasteiger partial charge in [0, 0.05) is 25.8 Å². The second kappa shape index (κ2) is 11.9. The van der Waals surface area contributed by atoms with Gasteiger partial charge in [-0.1, -0.05) is 32.3 Å². The van der Waals surface area contributed by atoms with Gasteiger partial charge in [0.15, 0.2) is 0 Å². The van der Waals surface area contributed by atoms with Crippen LogP contribution >= 0.6 is 24.8 Å². The number of rotatable bonds is 8. The summed E-state index contributed by atoms with van der Waals surface area (Å²) in [6.45, 7) is 7.65. The van der Waals surface area contributed by atoms with Crippen molar-refractivity contribution in [2.24, 2.45) is 5.92 Å². The van der Waals surface area contributed by atoms with E-state index >= 15 is 0 Å². The maximum absolute atomic E-state index is 10.1. The number of nitrogens with zero attached hydrogens (tertiary/aromatic N) is 5. The SMILES string of the molecule is CCCCCCc1c(C)c(C#N)c2nc3ccccn3c2c1N1CCC(CN(C)C)C1.Cl.Cl. The molecule has 1 fully saturated rings. The van der Waals surface area contributed by atoms with Crippen LogP contribution in [0.1, 0.15) is 55.7 Å². The number of nitriles is 1. The van der Waals surface area contributed by atoms with E-state index in [1.807, 2.05) is 12.1 Å². The van der Waals surface area contributed by atoms with Gasteiger partial charge in [-0.05, 0) is 69.5 Å². The Bertz CT molecular complexity index is 1120. The summed E-state index contributed by atoms with van der Waals surface area (Å²) in [5.41, 5.74) is 7.45. The van der Waals surface area contributed by atoms with Gasteiger partial charge in [-0.15, -0.1) is 24.8 Å². The van der Waals surface area contributed by atoms with E-state index in [0.717, 1.165) is 53.9 Å². The Hall–Kier alpha value is -2.00. The summed E-state index contributed by atoms with van der Waals surface area (Å²) in [4.78, 5) is 9.79. The third-order valence-corrected chi connectivity index (χ3v) is 6.72. The molecule has 1 unspecified atom stereocenters. The predicted octanol–water partition coefficient (Wildman–Crippen LogP) is 6.02. The minimum absolute atomic E-state index is 0. The molecule has 1 atom stereocenters. The van der Waals surface area contributed by atoms with Crippen molar-refractivity contribution in [2.45, 2.75) is 52.4 Å². The van der Waals surface area contributed by atoms with Crippen LogP contribution in [0.5, 0.6) is 0 Å². The summed E-state index contributed by atoms with van der Waals surface area (Å²) in [6, 6.07) is 8.62. The second-order valence-corrected chi connectivity index (χ2v) is 9.35. The number of imidazole rings is 1. The van der Waals surface area contributed by atoms with Crippen LogP contribution in [0.4, 0.5) is 5.69 Å². The van der Waals surface area contributed by atoms with Crippen molar-refractivity contribution in [3.63, 3.8) is 0 Å². The Labute approximate surface area is 210 Å². The molecular weight excluding hydrogens is 453 g/mol. The number of anilines is 1. The molecule has 1 aromatic carbocycles. The molecule has 180 valence electrons. The number of hydrogen-bond acceptors (Lipinski definition) is 4. The highest BCUT2D eigenvalue weighted by Gasteiger charge is 2.29. The molecule has 33 heavy (non-hydrogen) atoms. The van der Waals surface area contributed by atoms with Crippen molar-refractivity contribution >= 4 is 47.2 Å². The largest absolute Gasteiger partial charge is 0.369 e. The molecule has 5 nitrogen and oxygen atoms in total. The van der Waals surface area contributed by atoms with Crippen LogP contribution in [0.15, 0.2) is 24.4 Å². The van der Waals surface area contributed by atoms with E-state index in [9.17, 15) is 5.26 Å². The maximum Gasteiger partial charge on any atom is 0.138 e. The van der Waals surface area contributed by atoms with Crippen molar-refractivity contribution in [1.82, 2.24) is 14.3 Å². The monoisotopic (exact) mass is 489 g/mol. The zero-order valence-corrected chi connectivity index (χ0v) is 21.9.